The summed E-state index contributed by atoms with van der Waals surface area (Å²) in [7, 11) is 0. The number of nitrogen functional groups attached to an aromatic ring is 1. The molecular weight excluding hydrogens is 251 g/mol. The highest BCUT2D eigenvalue weighted by Crippen LogP contribution is 2.15. The first-order valence-corrected chi connectivity index (χ1v) is 4.97. The first kappa shape index (κ1) is 14.3. The number of hydrogen-bond donors (Lipinski definition) is 1. The predicted octanol–water partition coefficient (Wildman–Crippen LogP) is 2.27. The van der Waals surface area contributed by atoms with E-state index < -0.39 is 25.5 Å². The lowest BCUT2D eigenvalue weighted by molar-refractivity contribution is -0.190. The van der Waals surface area contributed by atoms with Gasteiger partial charge in [-0.05, 0) is 30.7 Å². The van der Waals surface area contributed by atoms with E-state index in [1.54, 1.807) is 13.0 Å². The number of nitrogens with two attached hydrogens (primary N) is 1. The Balaban J connectivity index is 2.46. The molecule has 0 aromatic heterocycles. The third kappa shape index (κ3) is 5.05. The van der Waals surface area contributed by atoms with E-state index in [-0.39, 0.29) is 5.56 Å². The zero-order valence-corrected chi connectivity index (χ0v) is 9.58. The maximum atomic E-state index is 11.7. The van der Waals surface area contributed by atoms with Crippen LogP contribution in [0.25, 0.3) is 0 Å². The highest BCUT2D eigenvalue weighted by molar-refractivity contribution is 5.90. The summed E-state index contributed by atoms with van der Waals surface area (Å²) >= 11 is 0. The standard InChI is InChI=1S/C11H12F3NO3/c1-7-2-8(4-9(15)3-7)10(16)18-6-17-5-11(12,13)14/h2-4H,5-6,15H2,1H3. The van der Waals surface area contributed by atoms with Gasteiger partial charge >= 0.3 is 12.1 Å². The molecule has 0 bridgehead atoms. The second-order valence-corrected chi connectivity index (χ2v) is 3.65. The van der Waals surface area contributed by atoms with Crippen molar-refractivity contribution in [3.63, 3.8) is 0 Å². The third-order valence-corrected chi connectivity index (χ3v) is 1.87. The zero-order chi connectivity index (χ0) is 13.8. The van der Waals surface area contributed by atoms with E-state index in [1.165, 1.54) is 12.1 Å². The van der Waals surface area contributed by atoms with E-state index in [4.69, 9.17) is 5.73 Å². The smallest absolute Gasteiger partial charge is 0.411 e. The van der Waals surface area contributed by atoms with Crippen LogP contribution in [0.3, 0.4) is 0 Å². The predicted molar refractivity (Wildman–Crippen MR) is 57.9 cm³/mol. The molecule has 0 heterocycles. The fraction of sp³-hybridized carbons (Fsp3) is 0.364. The summed E-state index contributed by atoms with van der Waals surface area (Å²) in [5.41, 5.74) is 6.81. The quantitative estimate of drug-likeness (QED) is 0.392. The van der Waals surface area contributed by atoms with Gasteiger partial charge in [0.2, 0.25) is 0 Å². The van der Waals surface area contributed by atoms with Gasteiger partial charge < -0.3 is 15.2 Å². The molecule has 0 saturated carbocycles. The first-order chi connectivity index (χ1) is 8.28. The summed E-state index contributed by atoms with van der Waals surface area (Å²) in [6.45, 7) is -0.490. The van der Waals surface area contributed by atoms with Crippen molar-refractivity contribution in [1.29, 1.82) is 0 Å². The minimum atomic E-state index is -4.44. The van der Waals surface area contributed by atoms with Crippen molar-refractivity contribution < 1.29 is 27.4 Å². The number of rotatable bonds is 4. The van der Waals surface area contributed by atoms with Crippen LogP contribution in [0, 0.1) is 6.92 Å². The van der Waals surface area contributed by atoms with Crippen LogP contribution in [0.2, 0.25) is 0 Å². The van der Waals surface area contributed by atoms with Gasteiger partial charge in [0.25, 0.3) is 0 Å². The number of ether oxygens (including phenoxy) is 2. The van der Waals surface area contributed by atoms with Crippen LogP contribution in [0.15, 0.2) is 18.2 Å². The first-order valence-electron chi connectivity index (χ1n) is 4.97. The van der Waals surface area contributed by atoms with Crippen LogP contribution >= 0.6 is 0 Å². The Hall–Kier alpha value is -1.76. The van der Waals surface area contributed by atoms with Gasteiger partial charge in [0.05, 0.1) is 5.56 Å². The van der Waals surface area contributed by atoms with Crippen molar-refractivity contribution in [2.24, 2.45) is 0 Å². The Morgan fingerprint density at radius 2 is 2.00 bits per heavy atom. The van der Waals surface area contributed by atoms with E-state index >= 15 is 0 Å². The summed E-state index contributed by atoms with van der Waals surface area (Å²) in [6.07, 6.45) is -4.44. The molecule has 0 radical (unpaired) electrons. The van der Waals surface area contributed by atoms with Crippen LogP contribution in [-0.2, 0) is 9.47 Å². The molecule has 2 N–H and O–H groups in total. The molecule has 1 rings (SSSR count). The van der Waals surface area contributed by atoms with Gasteiger partial charge in [-0.15, -0.1) is 0 Å². The van der Waals surface area contributed by atoms with E-state index in [2.05, 4.69) is 9.47 Å². The number of hydrogen-bond acceptors (Lipinski definition) is 4. The molecule has 4 nitrogen and oxygen atoms in total. The second-order valence-electron chi connectivity index (χ2n) is 3.65. The molecule has 0 aliphatic carbocycles. The van der Waals surface area contributed by atoms with Crippen molar-refractivity contribution in [2.75, 3.05) is 19.1 Å². The van der Waals surface area contributed by atoms with E-state index in [0.29, 0.717) is 5.69 Å². The zero-order valence-electron chi connectivity index (χ0n) is 9.58. The molecule has 0 atom stereocenters. The molecule has 7 heteroatoms. The van der Waals surface area contributed by atoms with Crippen LogP contribution in [-0.4, -0.2) is 25.5 Å². The topological polar surface area (TPSA) is 61.6 Å². The number of benzene rings is 1. The lowest BCUT2D eigenvalue weighted by Crippen LogP contribution is -2.19. The largest absolute Gasteiger partial charge is 0.435 e. The Labute approximate surface area is 101 Å². The number of aryl methyl sites for hydroxylation is 1. The summed E-state index contributed by atoms with van der Waals surface area (Å²) in [5, 5.41) is 0. The summed E-state index contributed by atoms with van der Waals surface area (Å²) < 4.78 is 43.8. The maximum Gasteiger partial charge on any atom is 0.411 e. The van der Waals surface area contributed by atoms with E-state index in [0.717, 1.165) is 5.56 Å². The molecule has 0 spiro atoms. The summed E-state index contributed by atoms with van der Waals surface area (Å²) in [5.74, 6) is -0.785. The van der Waals surface area contributed by atoms with Crippen LogP contribution in [0.4, 0.5) is 18.9 Å². The minimum absolute atomic E-state index is 0.170. The van der Waals surface area contributed by atoms with E-state index in [9.17, 15) is 18.0 Å². The molecule has 0 saturated heterocycles. The molecule has 0 unspecified atom stereocenters. The number of carbonyl (C=O) groups excluding carboxylic acids is 1. The average Bonchev–Trinajstić information content (AvgIpc) is 2.21. The Kier molecular flexibility index (Phi) is 4.55. The molecule has 0 amide bonds. The van der Waals surface area contributed by atoms with Gasteiger partial charge in [-0.25, -0.2) is 4.79 Å². The lowest BCUT2D eigenvalue weighted by atomic mass is 10.1. The Morgan fingerprint density at radius 1 is 1.33 bits per heavy atom. The number of esters is 1. The molecule has 0 aliphatic heterocycles. The SMILES string of the molecule is Cc1cc(N)cc(C(=O)OCOCC(F)(F)F)c1. The maximum absolute atomic E-state index is 11.7. The van der Waals surface area contributed by atoms with Crippen molar-refractivity contribution in [1.82, 2.24) is 0 Å². The summed E-state index contributed by atoms with van der Waals surface area (Å²) in [4.78, 5) is 11.4. The third-order valence-electron chi connectivity index (χ3n) is 1.87. The molecule has 1 aromatic carbocycles. The molecule has 1 aromatic rings. The number of anilines is 1. The number of carbonyl (C=O) groups is 1. The van der Waals surface area contributed by atoms with Crippen LogP contribution < -0.4 is 5.73 Å². The Morgan fingerprint density at radius 3 is 2.56 bits per heavy atom. The van der Waals surface area contributed by atoms with Crippen molar-refractivity contribution in [3.05, 3.63) is 29.3 Å². The normalized spacial score (nSPS) is 11.3. The summed E-state index contributed by atoms with van der Waals surface area (Å²) in [6, 6.07) is 4.54. The van der Waals surface area contributed by atoms with Gasteiger partial charge in [0.15, 0.2) is 6.79 Å². The minimum Gasteiger partial charge on any atom is -0.435 e. The van der Waals surface area contributed by atoms with Crippen molar-refractivity contribution >= 4 is 11.7 Å². The average molecular weight is 263 g/mol. The lowest BCUT2D eigenvalue weighted by Gasteiger charge is -2.09. The number of halogens is 3. The van der Waals surface area contributed by atoms with Gasteiger partial charge in [0, 0.05) is 5.69 Å². The van der Waals surface area contributed by atoms with E-state index in [1.807, 2.05) is 0 Å². The Bertz CT molecular complexity index is 412. The molecule has 0 fully saturated rings. The molecule has 100 valence electrons. The van der Waals surface area contributed by atoms with Gasteiger partial charge in [0.1, 0.15) is 6.61 Å². The van der Waals surface area contributed by atoms with Gasteiger partial charge in [-0.2, -0.15) is 13.2 Å². The highest BCUT2D eigenvalue weighted by atomic mass is 19.4. The monoisotopic (exact) mass is 263 g/mol. The number of alkyl halides is 3. The molecular formula is C11H12F3NO3. The fourth-order valence-electron chi connectivity index (χ4n) is 1.27. The van der Waals surface area contributed by atoms with Gasteiger partial charge in [-0.1, -0.05) is 0 Å². The highest BCUT2D eigenvalue weighted by Gasteiger charge is 2.27. The van der Waals surface area contributed by atoms with Crippen LogP contribution in [0.1, 0.15) is 15.9 Å². The molecule has 18 heavy (non-hydrogen) atoms. The van der Waals surface area contributed by atoms with Gasteiger partial charge in [-0.3, -0.25) is 0 Å². The van der Waals surface area contributed by atoms with Crippen molar-refractivity contribution in [3.8, 4) is 0 Å². The van der Waals surface area contributed by atoms with Crippen LogP contribution in [0.5, 0.6) is 0 Å². The second kappa shape index (κ2) is 5.72. The molecule has 0 aliphatic rings. The van der Waals surface area contributed by atoms with Crippen molar-refractivity contribution in [2.45, 2.75) is 13.1 Å². The fourth-order valence-corrected chi connectivity index (χ4v) is 1.27.